The molecule has 4 aromatic rings. The van der Waals surface area contributed by atoms with Crippen LogP contribution in [-0.4, -0.2) is 53.9 Å². The molecule has 11 nitrogen and oxygen atoms in total. The number of imide groups is 1. The van der Waals surface area contributed by atoms with Crippen LogP contribution in [0, 0.1) is 5.92 Å². The van der Waals surface area contributed by atoms with Crippen LogP contribution in [0.3, 0.4) is 0 Å². The van der Waals surface area contributed by atoms with Crippen LogP contribution in [0.2, 0.25) is 0 Å². The topological polar surface area (TPSA) is 147 Å². The third-order valence-electron chi connectivity index (χ3n) is 7.21. The molecule has 0 radical (unpaired) electrons. The first kappa shape index (κ1) is 28.4. The molecule has 1 saturated heterocycles. The molecule has 1 fully saturated rings. The van der Waals surface area contributed by atoms with Gasteiger partial charge in [-0.25, -0.2) is 4.90 Å². The van der Waals surface area contributed by atoms with E-state index in [-0.39, 0.29) is 29.0 Å². The molecular formula is C30H25N3O8S2. The number of aromatic nitrogens is 1. The Morgan fingerprint density at radius 3 is 2.40 bits per heavy atom. The number of methoxy groups -OCH3 is 2. The lowest BCUT2D eigenvalue weighted by molar-refractivity contribution is -0.122. The third kappa shape index (κ3) is 5.32. The number of fused-ring (bicyclic) bond motifs is 2. The number of thioether (sulfide) groups is 1. The SMILES string of the molecule is COc1ccc(N2C(=O)[C@H]3[C@H](c4ccc(OCC(=O)Nc5ccc(O)cc5)c(OC)c4)c4sc(=O)[nH]c4S[C@H]3C2=O)cc1. The van der Waals surface area contributed by atoms with Crippen LogP contribution in [-0.2, 0) is 14.4 Å². The summed E-state index contributed by atoms with van der Waals surface area (Å²) in [5.41, 5.74) is 1.59. The maximum atomic E-state index is 13.9. The second-order valence-corrected chi connectivity index (χ2v) is 11.9. The first-order valence-corrected chi connectivity index (χ1v) is 14.8. The maximum absolute atomic E-state index is 13.9. The molecule has 2 aliphatic heterocycles. The molecule has 3 amide bonds. The summed E-state index contributed by atoms with van der Waals surface area (Å²) in [7, 11) is 2.99. The molecule has 0 unspecified atom stereocenters. The first-order chi connectivity index (χ1) is 20.8. The highest BCUT2D eigenvalue weighted by Gasteiger charge is 2.56. The summed E-state index contributed by atoms with van der Waals surface area (Å²) < 4.78 is 16.5. The van der Waals surface area contributed by atoms with E-state index in [9.17, 15) is 24.3 Å². The molecule has 43 heavy (non-hydrogen) atoms. The average molecular weight is 620 g/mol. The van der Waals surface area contributed by atoms with Crippen molar-refractivity contribution in [3.8, 4) is 23.0 Å². The van der Waals surface area contributed by atoms with E-state index < -0.39 is 23.0 Å². The lowest BCUT2D eigenvalue weighted by Gasteiger charge is -2.30. The van der Waals surface area contributed by atoms with Gasteiger partial charge in [-0.1, -0.05) is 29.2 Å². The number of ether oxygens (including phenoxy) is 3. The number of hydrogen-bond donors (Lipinski definition) is 3. The number of anilines is 2. The van der Waals surface area contributed by atoms with Crippen molar-refractivity contribution in [2.75, 3.05) is 31.0 Å². The quantitative estimate of drug-likeness (QED) is 0.197. The fourth-order valence-corrected chi connectivity index (χ4v) is 7.76. The molecule has 0 saturated carbocycles. The van der Waals surface area contributed by atoms with Crippen LogP contribution in [0.5, 0.6) is 23.0 Å². The molecule has 0 aliphatic carbocycles. The van der Waals surface area contributed by atoms with E-state index >= 15 is 0 Å². The van der Waals surface area contributed by atoms with Gasteiger partial charge in [-0.3, -0.25) is 19.2 Å². The zero-order chi connectivity index (χ0) is 30.2. The van der Waals surface area contributed by atoms with Crippen LogP contribution in [0.4, 0.5) is 11.4 Å². The van der Waals surface area contributed by atoms with Crippen LogP contribution >= 0.6 is 23.1 Å². The van der Waals surface area contributed by atoms with Crippen LogP contribution in [0.15, 0.2) is 76.6 Å². The van der Waals surface area contributed by atoms with Crippen LogP contribution in [0.1, 0.15) is 16.4 Å². The second-order valence-electron chi connectivity index (χ2n) is 9.75. The molecule has 220 valence electrons. The van der Waals surface area contributed by atoms with Crippen molar-refractivity contribution >= 4 is 52.2 Å². The Hall–Kier alpha value is -4.75. The number of phenolic OH excluding ortho intramolecular Hbond substituents is 1. The monoisotopic (exact) mass is 619 g/mol. The molecule has 0 spiro atoms. The molecule has 2 aliphatic rings. The Balaban J connectivity index is 1.29. The number of hydrogen-bond acceptors (Lipinski definition) is 10. The zero-order valence-corrected chi connectivity index (χ0v) is 24.5. The minimum Gasteiger partial charge on any atom is -0.508 e. The predicted molar refractivity (Wildman–Crippen MR) is 161 cm³/mol. The van der Waals surface area contributed by atoms with Crippen molar-refractivity contribution in [2.45, 2.75) is 16.2 Å². The van der Waals surface area contributed by atoms with Gasteiger partial charge in [-0.05, 0) is 66.2 Å². The highest BCUT2D eigenvalue weighted by atomic mass is 32.2. The van der Waals surface area contributed by atoms with Gasteiger partial charge in [0.15, 0.2) is 18.1 Å². The van der Waals surface area contributed by atoms with E-state index in [2.05, 4.69) is 10.3 Å². The number of nitrogens with one attached hydrogen (secondary N) is 2. The number of phenols is 1. The van der Waals surface area contributed by atoms with Crippen molar-refractivity contribution in [2.24, 2.45) is 5.92 Å². The Bertz CT molecular complexity index is 1770. The molecule has 3 atom stereocenters. The largest absolute Gasteiger partial charge is 0.508 e. The number of benzene rings is 3. The molecule has 0 bridgehead atoms. The third-order valence-corrected chi connectivity index (χ3v) is 9.61. The minimum atomic E-state index is -0.772. The lowest BCUT2D eigenvalue weighted by atomic mass is 9.83. The summed E-state index contributed by atoms with van der Waals surface area (Å²) in [6, 6.07) is 17.8. The highest BCUT2D eigenvalue weighted by molar-refractivity contribution is 8.00. The fourth-order valence-electron chi connectivity index (χ4n) is 5.24. The van der Waals surface area contributed by atoms with Crippen molar-refractivity contribution in [1.29, 1.82) is 0 Å². The van der Waals surface area contributed by atoms with Gasteiger partial charge in [0, 0.05) is 16.5 Å². The minimum absolute atomic E-state index is 0.0816. The lowest BCUT2D eigenvalue weighted by Crippen LogP contribution is -2.32. The van der Waals surface area contributed by atoms with E-state index in [1.807, 2.05) is 0 Å². The molecule has 3 heterocycles. The number of aromatic hydroxyl groups is 1. The standard InChI is InChI=1S/C30H25N3O8S2/c1-39-19-10-6-17(7-11-19)33-28(36)24-23(25-27(32-30(38)43-25)42-26(24)29(33)37)15-3-12-20(21(13-15)40-2)41-14-22(35)31-16-4-8-18(34)9-5-16/h3-13,23-24,26,34H,14H2,1-2H3,(H,31,35)(H,32,38)/t23-,24-,26+/m0/s1. The van der Waals surface area contributed by atoms with Gasteiger partial charge < -0.3 is 29.6 Å². The smallest absolute Gasteiger partial charge is 0.305 e. The van der Waals surface area contributed by atoms with E-state index in [0.717, 1.165) is 11.3 Å². The summed E-state index contributed by atoms with van der Waals surface area (Å²) in [5, 5.41) is 11.9. The highest BCUT2D eigenvalue weighted by Crippen LogP contribution is 2.53. The molecule has 13 heteroatoms. The van der Waals surface area contributed by atoms with E-state index in [1.54, 1.807) is 54.6 Å². The van der Waals surface area contributed by atoms with Gasteiger partial charge in [0.2, 0.25) is 11.8 Å². The Morgan fingerprint density at radius 1 is 0.953 bits per heavy atom. The zero-order valence-electron chi connectivity index (χ0n) is 22.9. The van der Waals surface area contributed by atoms with Gasteiger partial charge in [-0.2, -0.15) is 0 Å². The van der Waals surface area contributed by atoms with Gasteiger partial charge >= 0.3 is 4.87 Å². The predicted octanol–water partition coefficient (Wildman–Crippen LogP) is 3.97. The van der Waals surface area contributed by atoms with Crippen LogP contribution < -0.4 is 29.3 Å². The molecule has 1 aromatic heterocycles. The molecule has 3 aromatic carbocycles. The number of carbonyl (C=O) groups is 3. The number of rotatable bonds is 8. The van der Waals surface area contributed by atoms with Crippen molar-refractivity contribution in [1.82, 2.24) is 4.98 Å². The van der Waals surface area contributed by atoms with Crippen molar-refractivity contribution < 1.29 is 33.7 Å². The van der Waals surface area contributed by atoms with Crippen molar-refractivity contribution in [3.63, 3.8) is 0 Å². The maximum Gasteiger partial charge on any atom is 0.305 e. The summed E-state index contributed by atoms with van der Waals surface area (Å²) in [6.07, 6.45) is 0. The Kier molecular flexibility index (Phi) is 7.59. The number of nitrogens with zero attached hydrogens (tertiary/aromatic N) is 1. The summed E-state index contributed by atoms with van der Waals surface area (Å²) in [5.74, 6) is -1.23. The summed E-state index contributed by atoms with van der Waals surface area (Å²) in [4.78, 5) is 56.8. The number of aromatic amines is 1. The van der Waals surface area contributed by atoms with Crippen LogP contribution in [0.25, 0.3) is 0 Å². The van der Waals surface area contributed by atoms with Gasteiger partial charge in [-0.15, -0.1) is 0 Å². The second kappa shape index (κ2) is 11.5. The Morgan fingerprint density at radius 2 is 1.70 bits per heavy atom. The summed E-state index contributed by atoms with van der Waals surface area (Å²) in [6.45, 7) is -0.311. The number of H-pyrrole nitrogens is 1. The first-order valence-electron chi connectivity index (χ1n) is 13.1. The Labute approximate surface area is 253 Å². The average Bonchev–Trinajstić information content (AvgIpc) is 3.51. The fraction of sp³-hybridized carbons (Fsp3) is 0.200. The van der Waals surface area contributed by atoms with Gasteiger partial charge in [0.05, 0.1) is 30.9 Å². The molecule has 6 rings (SSSR count). The number of thiazole rings is 1. The normalized spacial score (nSPS) is 19.0. The van der Waals surface area contributed by atoms with E-state index in [1.165, 1.54) is 43.0 Å². The number of amides is 3. The molecule has 3 N–H and O–H groups in total. The molecular weight excluding hydrogens is 594 g/mol. The van der Waals surface area contributed by atoms with Gasteiger partial charge in [0.1, 0.15) is 16.7 Å². The summed E-state index contributed by atoms with van der Waals surface area (Å²) >= 11 is 2.20. The number of carbonyl (C=O) groups excluding carboxylic acids is 3. The van der Waals surface area contributed by atoms with E-state index in [4.69, 9.17) is 14.2 Å². The van der Waals surface area contributed by atoms with Crippen molar-refractivity contribution in [3.05, 3.63) is 86.8 Å². The van der Waals surface area contributed by atoms with Gasteiger partial charge in [0.25, 0.3) is 5.91 Å². The van der Waals surface area contributed by atoms with E-state index in [0.29, 0.717) is 44.1 Å².